The highest BCUT2D eigenvalue weighted by Gasteiger charge is 2.46. The molecule has 0 aliphatic carbocycles. The molecule has 7 N–H and O–H groups in total. The van der Waals surface area contributed by atoms with Gasteiger partial charge >= 0.3 is 29.8 Å². The number of hydrogen-bond acceptors (Lipinski definition) is 20. The van der Waals surface area contributed by atoms with Gasteiger partial charge in [0, 0.05) is 44.8 Å². The molecule has 93 heavy (non-hydrogen) atoms. The van der Waals surface area contributed by atoms with Crippen LogP contribution in [0.2, 0.25) is 0 Å². The molecule has 0 saturated carbocycles. The van der Waals surface area contributed by atoms with Crippen LogP contribution < -0.4 is 20.7 Å². The van der Waals surface area contributed by atoms with Gasteiger partial charge in [-0.3, -0.25) is 28.7 Å². The SMILES string of the molecule is CC(C)(C)Nc1ccc(COC(=O)C(C)(C)C)cc1.CC(C)C(=O)OC/C=C/c1ccc(NC(C)(C)C)cc1.CC(C)Cc1cc(COC(=O)C(C)(C)C)ccc1O[C@@H]1O[C@H](OC=O)[C@@H](O)[C@H](O)[C@H]1O.CC(C)Nc1cc(SCCOC(=O)C(C)(C)C)cc(C(=O)O)c1. The number of rotatable bonds is 23. The number of aromatic carboxylic acids is 1. The number of ether oxygens (including phenoxy) is 7. The van der Waals surface area contributed by atoms with Gasteiger partial charge in [0.05, 0.1) is 27.7 Å². The minimum absolute atomic E-state index is 0.0419. The van der Waals surface area contributed by atoms with Crippen molar-refractivity contribution in [2.45, 2.75) is 218 Å². The zero-order valence-electron chi connectivity index (χ0n) is 58.7. The average Bonchev–Trinajstić information content (AvgIpc) is 0.844. The van der Waals surface area contributed by atoms with Crippen LogP contribution >= 0.6 is 11.8 Å². The van der Waals surface area contributed by atoms with Crippen LogP contribution in [0.25, 0.3) is 6.08 Å². The summed E-state index contributed by atoms with van der Waals surface area (Å²) < 4.78 is 36.7. The van der Waals surface area contributed by atoms with Crippen molar-refractivity contribution < 1.29 is 82.4 Å². The first-order valence-corrected chi connectivity index (χ1v) is 32.3. The van der Waals surface area contributed by atoms with Crippen LogP contribution in [0.3, 0.4) is 0 Å². The van der Waals surface area contributed by atoms with Gasteiger partial charge in [0.2, 0.25) is 12.6 Å². The molecule has 518 valence electrons. The van der Waals surface area contributed by atoms with Crippen LogP contribution in [-0.2, 0) is 72.0 Å². The second-order valence-electron chi connectivity index (χ2n) is 28.7. The Bertz CT molecular complexity index is 3000. The molecule has 4 aromatic rings. The van der Waals surface area contributed by atoms with E-state index in [-0.39, 0.29) is 71.5 Å². The summed E-state index contributed by atoms with van der Waals surface area (Å²) in [5, 5.41) is 49.4. The number of hydrogen-bond donors (Lipinski definition) is 7. The topological polar surface area (TPSA) is 284 Å². The van der Waals surface area contributed by atoms with Crippen molar-refractivity contribution in [2.24, 2.45) is 28.1 Å². The number of esters is 4. The highest BCUT2D eigenvalue weighted by Crippen LogP contribution is 2.31. The Morgan fingerprint density at radius 1 is 0.591 bits per heavy atom. The van der Waals surface area contributed by atoms with Crippen molar-refractivity contribution in [3.05, 3.63) is 119 Å². The summed E-state index contributed by atoms with van der Waals surface area (Å²) >= 11 is 1.47. The molecule has 20 nitrogen and oxygen atoms in total. The van der Waals surface area contributed by atoms with Gasteiger partial charge in [0.1, 0.15) is 50.5 Å². The molecule has 0 radical (unpaired) electrons. The van der Waals surface area contributed by atoms with Gasteiger partial charge in [-0.15, -0.1) is 11.8 Å². The summed E-state index contributed by atoms with van der Waals surface area (Å²) in [7, 11) is 0. The molecule has 1 aliphatic heterocycles. The van der Waals surface area contributed by atoms with Crippen molar-refractivity contribution >= 4 is 71.2 Å². The molecule has 1 heterocycles. The molecule has 0 amide bonds. The maximum Gasteiger partial charge on any atom is 0.335 e. The number of thioether (sulfide) groups is 1. The summed E-state index contributed by atoms with van der Waals surface area (Å²) in [6.07, 6.45) is -3.24. The Morgan fingerprint density at radius 2 is 1.09 bits per heavy atom. The largest absolute Gasteiger partial charge is 0.478 e. The lowest BCUT2D eigenvalue weighted by Crippen LogP contribution is -2.59. The van der Waals surface area contributed by atoms with E-state index in [0.29, 0.717) is 37.7 Å². The monoisotopic (exact) mass is 1320 g/mol. The summed E-state index contributed by atoms with van der Waals surface area (Å²) in [4.78, 5) is 69.3. The quantitative estimate of drug-likeness (QED) is 0.0119. The number of aliphatic hydroxyl groups excluding tert-OH is 3. The van der Waals surface area contributed by atoms with E-state index in [1.165, 1.54) is 11.8 Å². The highest BCUT2D eigenvalue weighted by molar-refractivity contribution is 7.99. The smallest absolute Gasteiger partial charge is 0.335 e. The second kappa shape index (κ2) is 37.7. The Balaban J connectivity index is 0.000000431. The highest BCUT2D eigenvalue weighted by atomic mass is 32.2. The summed E-state index contributed by atoms with van der Waals surface area (Å²) in [6.45, 7) is 41.9. The van der Waals surface area contributed by atoms with E-state index in [1.54, 1.807) is 45.0 Å². The lowest BCUT2D eigenvalue weighted by atomic mass is 9.97. The zero-order valence-corrected chi connectivity index (χ0v) is 59.5. The normalized spacial score (nSPS) is 16.7. The molecule has 0 unspecified atom stereocenters. The fourth-order valence-electron chi connectivity index (χ4n) is 7.82. The predicted molar refractivity (Wildman–Crippen MR) is 366 cm³/mol. The van der Waals surface area contributed by atoms with Gasteiger partial charge in [-0.1, -0.05) is 64.1 Å². The van der Waals surface area contributed by atoms with Crippen molar-refractivity contribution in [3.63, 3.8) is 0 Å². The maximum absolute atomic E-state index is 12.0. The first-order chi connectivity index (χ1) is 42.9. The molecule has 0 bridgehead atoms. The molecule has 1 aliphatic rings. The number of carboxylic acids is 1. The van der Waals surface area contributed by atoms with Gasteiger partial charge in [0.15, 0.2) is 0 Å². The van der Waals surface area contributed by atoms with E-state index in [2.05, 4.69) is 62.2 Å². The van der Waals surface area contributed by atoms with Crippen molar-refractivity contribution in [3.8, 4) is 5.75 Å². The Kier molecular flexibility index (Phi) is 33.2. The predicted octanol–water partition coefficient (Wildman–Crippen LogP) is 13.3. The van der Waals surface area contributed by atoms with Gasteiger partial charge in [-0.25, -0.2) is 4.79 Å². The van der Waals surface area contributed by atoms with E-state index < -0.39 is 53.1 Å². The summed E-state index contributed by atoms with van der Waals surface area (Å²) in [5.74, 6) is -0.701. The van der Waals surface area contributed by atoms with Crippen molar-refractivity contribution in [1.29, 1.82) is 0 Å². The molecule has 0 aromatic heterocycles. The lowest BCUT2D eigenvalue weighted by molar-refractivity contribution is -0.321. The van der Waals surface area contributed by atoms with E-state index in [9.17, 15) is 49.2 Å². The molecule has 0 spiro atoms. The molecule has 5 rings (SSSR count). The van der Waals surface area contributed by atoms with Gasteiger partial charge in [0.25, 0.3) is 6.47 Å². The third kappa shape index (κ3) is 33.0. The van der Waals surface area contributed by atoms with E-state index in [1.807, 2.05) is 156 Å². The number of anilines is 3. The molecule has 1 fully saturated rings. The van der Waals surface area contributed by atoms with E-state index >= 15 is 0 Å². The number of aliphatic hydroxyl groups is 3. The van der Waals surface area contributed by atoms with Crippen LogP contribution in [0.15, 0.2) is 95.9 Å². The first kappa shape index (κ1) is 81.9. The lowest BCUT2D eigenvalue weighted by Gasteiger charge is -2.39. The average molecular weight is 1320 g/mol. The van der Waals surface area contributed by atoms with E-state index in [0.717, 1.165) is 44.2 Å². The van der Waals surface area contributed by atoms with Gasteiger partial charge in [-0.05, 0) is 213 Å². The standard InChI is InChI=1S/C22H32O9.C17H25NO4S.C17H25NO2.C16H25NO2/c1-12(2)8-14-9-13(10-28-21(27)22(3,4)5)6-7-15(14)30-20-18(26)16(24)17(25)19(31-20)29-11-23;1-11(2)18-13-8-12(15(19)20)9-14(10-13)23-7-6-22-16(21)17(3,4)5;1-13(2)16(19)20-12-6-7-14-8-10-15(11-9-14)18-17(3,4)5;1-15(2,3)14(18)19-11-12-7-9-13(10-8-12)17-16(4,5)6/h6-7,9,11-12,16-20,24-26H,8,10H2,1-5H3;8-11,18H,6-7H2,1-5H3,(H,19,20);6-11,13,18H,12H2,1-5H3;7-10,17H,11H2,1-6H3/b;;7-6+;/t16-,17-,18+,19-,20+;;;/m0.../s1. The molecule has 1 saturated heterocycles. The van der Waals surface area contributed by atoms with Gasteiger partial charge < -0.3 is 64.8 Å². The van der Waals surface area contributed by atoms with E-state index in [4.69, 9.17) is 28.4 Å². The number of carbonyl (C=O) groups excluding carboxylic acids is 5. The summed E-state index contributed by atoms with van der Waals surface area (Å²) in [6, 6.07) is 26.7. The van der Waals surface area contributed by atoms with Crippen molar-refractivity contribution in [2.75, 3.05) is 34.9 Å². The molecule has 5 atom stereocenters. The molecular weight excluding hydrogens is 1210 g/mol. The minimum atomic E-state index is -1.63. The maximum atomic E-state index is 12.0. The second-order valence-corrected chi connectivity index (χ2v) is 29.9. The fraction of sp³-hybridized carbons (Fsp3) is 0.556. The first-order valence-electron chi connectivity index (χ1n) is 31.3. The van der Waals surface area contributed by atoms with Crippen LogP contribution in [0.4, 0.5) is 17.1 Å². The number of benzene rings is 4. The van der Waals surface area contributed by atoms with Crippen LogP contribution in [0, 0.1) is 28.1 Å². The Hall–Kier alpha value is -7.17. The number of nitrogens with one attached hydrogen (secondary N) is 3. The number of carboxylic acid groups (broad SMARTS) is 1. The minimum Gasteiger partial charge on any atom is -0.478 e. The Labute approximate surface area is 556 Å². The Morgan fingerprint density at radius 3 is 1.56 bits per heavy atom. The number of carbonyl (C=O) groups is 6. The fourth-order valence-corrected chi connectivity index (χ4v) is 8.64. The third-order valence-electron chi connectivity index (χ3n) is 12.5. The molecular formula is C72H107N3O17S. The van der Waals surface area contributed by atoms with Crippen LogP contribution in [0.5, 0.6) is 5.75 Å². The third-order valence-corrected chi connectivity index (χ3v) is 13.4. The summed E-state index contributed by atoms with van der Waals surface area (Å²) in [5.41, 5.74) is 5.34. The van der Waals surface area contributed by atoms with Gasteiger partial charge in [-0.2, -0.15) is 0 Å². The van der Waals surface area contributed by atoms with Crippen molar-refractivity contribution in [1.82, 2.24) is 0 Å². The van der Waals surface area contributed by atoms with Crippen LogP contribution in [0.1, 0.15) is 178 Å². The zero-order chi connectivity index (χ0) is 70.8. The molecule has 21 heteroatoms. The molecule has 4 aromatic carbocycles. The van der Waals surface area contributed by atoms with Crippen LogP contribution in [-0.4, -0.2) is 124 Å².